The second-order valence-electron chi connectivity index (χ2n) is 4.89. The van der Waals surface area contributed by atoms with E-state index in [1.54, 1.807) is 7.11 Å². The van der Waals surface area contributed by atoms with E-state index in [4.69, 9.17) is 16.3 Å². The third kappa shape index (κ3) is 3.01. The summed E-state index contributed by atoms with van der Waals surface area (Å²) in [6, 6.07) is 6.11. The fourth-order valence-electron chi connectivity index (χ4n) is 2.53. The molecule has 2 nitrogen and oxygen atoms in total. The van der Waals surface area contributed by atoms with Crippen LogP contribution in [-0.4, -0.2) is 26.3 Å². The fraction of sp³-hybridized carbons (Fsp3) is 0.571. The SMILES string of the molecule is COC1CN(c2ccc(Cl)cc2CBr)CCC1C. The van der Waals surface area contributed by atoms with Gasteiger partial charge in [-0.1, -0.05) is 34.5 Å². The molecule has 0 aromatic heterocycles. The summed E-state index contributed by atoms with van der Waals surface area (Å²) >= 11 is 9.59. The van der Waals surface area contributed by atoms with Gasteiger partial charge in [-0.25, -0.2) is 0 Å². The van der Waals surface area contributed by atoms with E-state index < -0.39 is 0 Å². The first-order valence-corrected chi connectivity index (χ1v) is 7.77. The lowest BCUT2D eigenvalue weighted by Gasteiger charge is -2.38. The van der Waals surface area contributed by atoms with Crippen LogP contribution in [0.4, 0.5) is 5.69 Å². The summed E-state index contributed by atoms with van der Waals surface area (Å²) in [5.41, 5.74) is 2.51. The summed E-state index contributed by atoms with van der Waals surface area (Å²) in [5.74, 6) is 0.631. The van der Waals surface area contributed by atoms with Crippen molar-refractivity contribution in [3.05, 3.63) is 28.8 Å². The molecule has 1 aliphatic heterocycles. The minimum Gasteiger partial charge on any atom is -0.379 e. The van der Waals surface area contributed by atoms with Crippen molar-refractivity contribution in [3.63, 3.8) is 0 Å². The molecule has 18 heavy (non-hydrogen) atoms. The van der Waals surface area contributed by atoms with Crippen LogP contribution in [0.25, 0.3) is 0 Å². The van der Waals surface area contributed by atoms with Crippen molar-refractivity contribution in [2.24, 2.45) is 5.92 Å². The maximum atomic E-state index is 6.05. The summed E-state index contributed by atoms with van der Waals surface area (Å²) in [4.78, 5) is 2.40. The molecule has 1 fully saturated rings. The highest BCUT2D eigenvalue weighted by Gasteiger charge is 2.27. The van der Waals surface area contributed by atoms with Crippen molar-refractivity contribution in [1.82, 2.24) is 0 Å². The number of anilines is 1. The van der Waals surface area contributed by atoms with Gasteiger partial charge >= 0.3 is 0 Å². The Labute approximate surface area is 122 Å². The Hall–Kier alpha value is -0.250. The van der Waals surface area contributed by atoms with Crippen molar-refractivity contribution in [1.29, 1.82) is 0 Å². The number of piperidine rings is 1. The third-order valence-corrected chi connectivity index (χ3v) is 4.56. The Balaban J connectivity index is 2.21. The van der Waals surface area contributed by atoms with Crippen LogP contribution in [0, 0.1) is 5.92 Å². The van der Waals surface area contributed by atoms with E-state index >= 15 is 0 Å². The third-order valence-electron chi connectivity index (χ3n) is 3.72. The number of rotatable bonds is 3. The van der Waals surface area contributed by atoms with Gasteiger partial charge in [-0.3, -0.25) is 0 Å². The predicted octanol–water partition coefficient (Wildman–Crippen LogP) is 4.10. The number of methoxy groups -OCH3 is 1. The molecule has 0 saturated carbocycles. The maximum Gasteiger partial charge on any atom is 0.0772 e. The van der Waals surface area contributed by atoms with Gasteiger partial charge in [-0.2, -0.15) is 0 Å². The number of nitrogens with zero attached hydrogens (tertiary/aromatic N) is 1. The van der Waals surface area contributed by atoms with Crippen LogP contribution in [0.2, 0.25) is 5.02 Å². The molecule has 1 heterocycles. The van der Waals surface area contributed by atoms with E-state index in [0.717, 1.165) is 23.4 Å². The summed E-state index contributed by atoms with van der Waals surface area (Å²) in [6.45, 7) is 4.31. The molecular formula is C14H19BrClNO. The van der Waals surface area contributed by atoms with Crippen molar-refractivity contribution >= 4 is 33.2 Å². The largest absolute Gasteiger partial charge is 0.379 e. The highest BCUT2D eigenvalue weighted by Crippen LogP contribution is 2.30. The average Bonchev–Trinajstić information content (AvgIpc) is 2.39. The molecule has 2 rings (SSSR count). The van der Waals surface area contributed by atoms with E-state index in [1.807, 2.05) is 12.1 Å². The quantitative estimate of drug-likeness (QED) is 0.773. The first-order valence-electron chi connectivity index (χ1n) is 6.28. The van der Waals surface area contributed by atoms with Crippen LogP contribution in [0.5, 0.6) is 0 Å². The van der Waals surface area contributed by atoms with Gasteiger partial charge in [0.15, 0.2) is 0 Å². The van der Waals surface area contributed by atoms with Crippen LogP contribution in [0.15, 0.2) is 18.2 Å². The minimum absolute atomic E-state index is 0.317. The molecule has 0 N–H and O–H groups in total. The molecular weight excluding hydrogens is 314 g/mol. The summed E-state index contributed by atoms with van der Waals surface area (Å²) in [7, 11) is 1.80. The number of ether oxygens (including phenoxy) is 1. The predicted molar refractivity (Wildman–Crippen MR) is 80.9 cm³/mol. The van der Waals surface area contributed by atoms with Crippen molar-refractivity contribution in [2.45, 2.75) is 24.8 Å². The van der Waals surface area contributed by atoms with Gasteiger partial charge in [-0.05, 0) is 36.1 Å². The smallest absolute Gasteiger partial charge is 0.0772 e. The lowest BCUT2D eigenvalue weighted by Crippen LogP contribution is -2.44. The Morgan fingerprint density at radius 1 is 1.50 bits per heavy atom. The second-order valence-corrected chi connectivity index (χ2v) is 5.89. The zero-order valence-electron chi connectivity index (χ0n) is 10.8. The lowest BCUT2D eigenvalue weighted by atomic mass is 9.95. The fourth-order valence-corrected chi connectivity index (χ4v) is 3.17. The monoisotopic (exact) mass is 331 g/mol. The second kappa shape index (κ2) is 6.27. The van der Waals surface area contributed by atoms with Gasteiger partial charge in [0.25, 0.3) is 0 Å². The van der Waals surface area contributed by atoms with E-state index in [2.05, 4.69) is 33.8 Å². The van der Waals surface area contributed by atoms with Gasteiger partial charge in [0, 0.05) is 36.2 Å². The minimum atomic E-state index is 0.317. The summed E-state index contributed by atoms with van der Waals surface area (Å²) in [5, 5.41) is 1.62. The molecule has 0 bridgehead atoms. The Morgan fingerprint density at radius 3 is 2.94 bits per heavy atom. The van der Waals surface area contributed by atoms with Crippen LogP contribution in [0.1, 0.15) is 18.9 Å². The van der Waals surface area contributed by atoms with Gasteiger partial charge in [0.05, 0.1) is 6.10 Å². The number of hydrogen-bond acceptors (Lipinski definition) is 2. The van der Waals surface area contributed by atoms with E-state index in [1.165, 1.54) is 17.7 Å². The Kier molecular flexibility index (Phi) is 4.93. The molecule has 0 spiro atoms. The molecule has 1 aromatic rings. The average molecular weight is 333 g/mol. The van der Waals surface area contributed by atoms with Gasteiger partial charge in [0.2, 0.25) is 0 Å². The van der Waals surface area contributed by atoms with E-state index in [0.29, 0.717) is 12.0 Å². The van der Waals surface area contributed by atoms with Crippen LogP contribution in [0.3, 0.4) is 0 Å². The van der Waals surface area contributed by atoms with Gasteiger partial charge in [0.1, 0.15) is 0 Å². The Morgan fingerprint density at radius 2 is 2.28 bits per heavy atom. The number of halogens is 2. The standard InChI is InChI=1S/C14H19BrClNO/c1-10-5-6-17(9-14(10)18-2)13-4-3-12(16)7-11(13)8-15/h3-4,7,10,14H,5-6,8-9H2,1-2H3. The topological polar surface area (TPSA) is 12.5 Å². The zero-order chi connectivity index (χ0) is 13.1. The highest BCUT2D eigenvalue weighted by molar-refractivity contribution is 9.08. The first-order chi connectivity index (χ1) is 8.65. The van der Waals surface area contributed by atoms with Crippen molar-refractivity contribution in [3.8, 4) is 0 Å². The van der Waals surface area contributed by atoms with Crippen LogP contribution in [-0.2, 0) is 10.1 Å². The summed E-state index contributed by atoms with van der Waals surface area (Å²) in [6.07, 6.45) is 1.49. The Bertz CT molecular complexity index is 413. The number of hydrogen-bond donors (Lipinski definition) is 0. The number of alkyl halides is 1. The molecule has 0 aliphatic carbocycles. The van der Waals surface area contributed by atoms with Crippen molar-refractivity contribution < 1.29 is 4.74 Å². The van der Waals surface area contributed by atoms with E-state index in [-0.39, 0.29) is 0 Å². The van der Waals surface area contributed by atoms with Gasteiger partial charge < -0.3 is 9.64 Å². The van der Waals surface area contributed by atoms with Crippen LogP contribution < -0.4 is 4.90 Å². The molecule has 4 heteroatoms. The molecule has 0 radical (unpaired) electrons. The zero-order valence-corrected chi connectivity index (χ0v) is 13.2. The molecule has 1 aliphatic rings. The lowest BCUT2D eigenvalue weighted by molar-refractivity contribution is 0.0498. The molecule has 2 unspecified atom stereocenters. The molecule has 1 saturated heterocycles. The molecule has 1 aromatic carbocycles. The molecule has 100 valence electrons. The maximum absolute atomic E-state index is 6.05. The molecule has 0 amide bonds. The number of benzene rings is 1. The van der Waals surface area contributed by atoms with Crippen LogP contribution >= 0.6 is 27.5 Å². The highest BCUT2D eigenvalue weighted by atomic mass is 79.9. The van der Waals surface area contributed by atoms with Crippen molar-refractivity contribution in [2.75, 3.05) is 25.1 Å². The first kappa shape index (κ1) is 14.2. The van der Waals surface area contributed by atoms with Gasteiger partial charge in [-0.15, -0.1) is 0 Å². The molecule has 2 atom stereocenters. The van der Waals surface area contributed by atoms with E-state index in [9.17, 15) is 0 Å². The summed E-state index contributed by atoms with van der Waals surface area (Å²) < 4.78 is 5.57. The normalized spacial score (nSPS) is 24.3.